The van der Waals surface area contributed by atoms with E-state index in [1.807, 2.05) is 0 Å². The Labute approximate surface area is 157 Å². The number of nitrogens with one attached hydrogen (secondary N) is 2. The van der Waals surface area contributed by atoms with Gasteiger partial charge < -0.3 is 5.32 Å². The molecule has 144 valence electrons. The lowest BCUT2D eigenvalue weighted by Gasteiger charge is -2.22. The number of aromatic nitrogens is 1. The average Bonchev–Trinajstić information content (AvgIpc) is 2.88. The number of hydrogen-bond acceptors (Lipinski definition) is 6. The van der Waals surface area contributed by atoms with Crippen molar-refractivity contribution in [3.8, 4) is 0 Å². The molecule has 2 N–H and O–H groups in total. The van der Waals surface area contributed by atoms with Crippen molar-refractivity contribution in [3.63, 3.8) is 0 Å². The van der Waals surface area contributed by atoms with Crippen molar-refractivity contribution < 1.29 is 19.3 Å². The van der Waals surface area contributed by atoms with Gasteiger partial charge in [0.1, 0.15) is 12.1 Å². The Balaban J connectivity index is 1.77. The van der Waals surface area contributed by atoms with Crippen molar-refractivity contribution in [1.29, 1.82) is 0 Å². The molecule has 1 fully saturated rings. The zero-order chi connectivity index (χ0) is 20.5. The molecular formula is C17H15N5O6. The van der Waals surface area contributed by atoms with Gasteiger partial charge in [-0.2, -0.15) is 5.01 Å². The van der Waals surface area contributed by atoms with Crippen LogP contribution in [0.2, 0.25) is 0 Å². The van der Waals surface area contributed by atoms with Gasteiger partial charge in [-0.15, -0.1) is 0 Å². The third-order valence-corrected chi connectivity index (χ3v) is 4.27. The normalized spacial score (nSPS) is 18.7. The first-order valence-electron chi connectivity index (χ1n) is 8.09. The highest BCUT2D eigenvalue weighted by atomic mass is 16.6. The van der Waals surface area contributed by atoms with E-state index >= 15 is 0 Å². The largest absolute Gasteiger partial charge is 0.344 e. The summed E-state index contributed by atoms with van der Waals surface area (Å²) in [7, 11) is 0. The molecule has 3 rings (SSSR count). The zero-order valence-corrected chi connectivity index (χ0v) is 14.6. The Morgan fingerprint density at radius 3 is 2.50 bits per heavy atom. The van der Waals surface area contributed by atoms with Crippen LogP contribution in [0.4, 0.5) is 10.5 Å². The minimum atomic E-state index is -1.37. The number of urea groups is 1. The predicted octanol–water partition coefficient (Wildman–Crippen LogP) is 0.255. The van der Waals surface area contributed by atoms with Crippen molar-refractivity contribution in [2.75, 3.05) is 0 Å². The molecule has 28 heavy (non-hydrogen) atoms. The third-order valence-electron chi connectivity index (χ3n) is 4.27. The third kappa shape index (κ3) is 3.32. The van der Waals surface area contributed by atoms with Gasteiger partial charge in [-0.1, -0.05) is 30.3 Å². The van der Waals surface area contributed by atoms with Crippen LogP contribution in [0.25, 0.3) is 0 Å². The molecular weight excluding hydrogens is 370 g/mol. The van der Waals surface area contributed by atoms with E-state index in [0.717, 1.165) is 22.9 Å². The Bertz CT molecular complexity index is 1030. The molecule has 11 heteroatoms. The number of carbonyl (C=O) groups excluding carboxylic acids is 3. The first-order chi connectivity index (χ1) is 13.2. The maximum Gasteiger partial charge on any atom is 0.344 e. The van der Waals surface area contributed by atoms with Gasteiger partial charge in [0.05, 0.1) is 11.1 Å². The summed E-state index contributed by atoms with van der Waals surface area (Å²) in [6.07, 6.45) is 0.905. The number of imide groups is 1. The second kappa shape index (κ2) is 6.95. The molecule has 1 atom stereocenters. The van der Waals surface area contributed by atoms with E-state index in [2.05, 4.69) is 10.7 Å². The van der Waals surface area contributed by atoms with Crippen molar-refractivity contribution in [2.45, 2.75) is 19.0 Å². The lowest BCUT2D eigenvalue weighted by Crippen LogP contribution is -2.49. The highest BCUT2D eigenvalue weighted by Gasteiger charge is 2.49. The lowest BCUT2D eigenvalue weighted by atomic mass is 9.92. The Morgan fingerprint density at radius 2 is 1.86 bits per heavy atom. The number of hydrogen-bond donors (Lipinski definition) is 2. The molecule has 1 unspecified atom stereocenters. The summed E-state index contributed by atoms with van der Waals surface area (Å²) >= 11 is 0. The van der Waals surface area contributed by atoms with Crippen LogP contribution in [0.3, 0.4) is 0 Å². The maximum absolute atomic E-state index is 12.7. The number of amides is 4. The van der Waals surface area contributed by atoms with Gasteiger partial charge in [-0.3, -0.25) is 34.5 Å². The van der Waals surface area contributed by atoms with Crippen LogP contribution >= 0.6 is 0 Å². The van der Waals surface area contributed by atoms with Crippen LogP contribution in [-0.4, -0.2) is 32.3 Å². The number of pyridine rings is 1. The number of nitrogens with zero attached hydrogens (tertiary/aromatic N) is 3. The molecule has 0 saturated carbocycles. The first-order valence-corrected chi connectivity index (χ1v) is 8.09. The smallest absolute Gasteiger partial charge is 0.318 e. The molecule has 4 amide bonds. The Kier molecular flexibility index (Phi) is 4.65. The standard InChI is InChI=1S/C17H15N5O6/c1-17(11-5-3-2-4-6-11)15(25)21(16(26)18-17)19-13(23)10-20-9-12(22(27)28)7-8-14(20)24/h2-9H,10H2,1H3,(H,18,26)(H,19,23). The van der Waals surface area contributed by atoms with Crippen molar-refractivity contribution in [2.24, 2.45) is 0 Å². The molecule has 1 aromatic heterocycles. The molecule has 1 aliphatic rings. The fraction of sp³-hybridized carbons (Fsp3) is 0.176. The van der Waals surface area contributed by atoms with E-state index in [9.17, 15) is 29.3 Å². The van der Waals surface area contributed by atoms with Gasteiger partial charge >= 0.3 is 6.03 Å². The van der Waals surface area contributed by atoms with E-state index in [-0.39, 0.29) is 5.69 Å². The summed E-state index contributed by atoms with van der Waals surface area (Å²) in [6.45, 7) is 0.888. The molecule has 1 aromatic carbocycles. The average molecular weight is 385 g/mol. The molecule has 0 radical (unpaired) electrons. The summed E-state index contributed by atoms with van der Waals surface area (Å²) in [6, 6.07) is 9.61. The highest BCUT2D eigenvalue weighted by Crippen LogP contribution is 2.27. The van der Waals surface area contributed by atoms with Crippen molar-refractivity contribution in [1.82, 2.24) is 20.3 Å². The summed E-state index contributed by atoms with van der Waals surface area (Å²) in [5, 5.41) is 13.8. The topological polar surface area (TPSA) is 144 Å². The molecule has 2 heterocycles. The van der Waals surface area contributed by atoms with Gasteiger partial charge in [0, 0.05) is 12.1 Å². The fourth-order valence-electron chi connectivity index (χ4n) is 2.77. The molecule has 0 bridgehead atoms. The second-order valence-electron chi connectivity index (χ2n) is 6.21. The van der Waals surface area contributed by atoms with Gasteiger partial charge in [0.15, 0.2) is 0 Å². The Morgan fingerprint density at radius 1 is 1.18 bits per heavy atom. The van der Waals surface area contributed by atoms with E-state index in [1.54, 1.807) is 30.3 Å². The first kappa shape index (κ1) is 18.8. The van der Waals surface area contributed by atoms with E-state index in [4.69, 9.17) is 0 Å². The quantitative estimate of drug-likeness (QED) is 0.429. The molecule has 2 aromatic rings. The van der Waals surface area contributed by atoms with Gasteiger partial charge in [-0.25, -0.2) is 4.79 Å². The monoisotopic (exact) mass is 385 g/mol. The molecule has 1 aliphatic heterocycles. The summed E-state index contributed by atoms with van der Waals surface area (Å²) < 4.78 is 0.808. The van der Waals surface area contributed by atoms with E-state index < -0.39 is 40.4 Å². The van der Waals surface area contributed by atoms with Crippen molar-refractivity contribution in [3.05, 3.63) is 74.7 Å². The number of carbonyl (C=O) groups is 3. The fourth-order valence-corrected chi connectivity index (χ4v) is 2.77. The van der Waals surface area contributed by atoms with Crippen LogP contribution in [0.5, 0.6) is 0 Å². The minimum absolute atomic E-state index is 0.376. The number of hydrazine groups is 1. The van der Waals surface area contributed by atoms with Crippen LogP contribution in [0.1, 0.15) is 12.5 Å². The molecule has 1 saturated heterocycles. The predicted molar refractivity (Wildman–Crippen MR) is 94.7 cm³/mol. The minimum Gasteiger partial charge on any atom is -0.318 e. The zero-order valence-electron chi connectivity index (χ0n) is 14.6. The van der Waals surface area contributed by atoms with E-state index in [1.165, 1.54) is 6.92 Å². The number of rotatable bonds is 5. The van der Waals surface area contributed by atoms with Crippen LogP contribution in [0.15, 0.2) is 53.5 Å². The molecule has 11 nitrogen and oxygen atoms in total. The molecule has 0 spiro atoms. The van der Waals surface area contributed by atoms with Gasteiger partial charge in [0.25, 0.3) is 23.1 Å². The SMILES string of the molecule is CC1(c2ccccc2)NC(=O)N(NC(=O)Cn2cc([N+](=O)[O-])ccc2=O)C1=O. The second-order valence-corrected chi connectivity index (χ2v) is 6.21. The highest BCUT2D eigenvalue weighted by molar-refractivity contribution is 6.08. The number of nitro groups is 1. The summed E-state index contributed by atoms with van der Waals surface area (Å²) in [5.41, 5.74) is 0.270. The molecule has 0 aliphatic carbocycles. The lowest BCUT2D eigenvalue weighted by molar-refractivity contribution is -0.385. The summed E-state index contributed by atoms with van der Waals surface area (Å²) in [4.78, 5) is 59.0. The van der Waals surface area contributed by atoms with E-state index in [0.29, 0.717) is 10.6 Å². The Hall–Kier alpha value is -4.02. The number of benzene rings is 1. The maximum atomic E-state index is 12.7. The van der Waals surface area contributed by atoms with Gasteiger partial charge in [-0.05, 0) is 12.5 Å². The van der Waals surface area contributed by atoms with Crippen LogP contribution in [-0.2, 0) is 21.7 Å². The van der Waals surface area contributed by atoms with Crippen LogP contribution < -0.4 is 16.3 Å². The summed E-state index contributed by atoms with van der Waals surface area (Å²) in [5.74, 6) is -1.58. The van der Waals surface area contributed by atoms with Gasteiger partial charge in [0.2, 0.25) is 0 Å². The van der Waals surface area contributed by atoms with Crippen LogP contribution in [0, 0.1) is 10.1 Å². The van der Waals surface area contributed by atoms with Crippen molar-refractivity contribution >= 4 is 23.5 Å².